The minimum Gasteiger partial charge on any atom is -0.339 e. The molecule has 1 atom stereocenters. The summed E-state index contributed by atoms with van der Waals surface area (Å²) in [4.78, 5) is 30.8. The summed E-state index contributed by atoms with van der Waals surface area (Å²) in [6.07, 6.45) is 1.10. The maximum absolute atomic E-state index is 13.0. The summed E-state index contributed by atoms with van der Waals surface area (Å²) in [5, 5.41) is 6.51. The SMILES string of the molecule is CC(C)(C)c1nc(CN2C(=O)N[C@](C)(c3ccc(S(C)(=O)=O)cc3)C2=O)no1. The number of nitrogens with one attached hydrogen (secondary N) is 1. The van der Waals surface area contributed by atoms with Crippen LogP contribution in [0.2, 0.25) is 0 Å². The lowest BCUT2D eigenvalue weighted by molar-refractivity contribution is -0.131. The van der Waals surface area contributed by atoms with E-state index in [4.69, 9.17) is 4.52 Å². The van der Waals surface area contributed by atoms with E-state index in [1.807, 2.05) is 20.8 Å². The van der Waals surface area contributed by atoms with E-state index in [-0.39, 0.29) is 22.7 Å². The van der Waals surface area contributed by atoms with Crippen LogP contribution in [0.15, 0.2) is 33.7 Å². The first kappa shape index (κ1) is 20.0. The fourth-order valence-electron chi connectivity index (χ4n) is 2.84. The molecule has 10 heteroatoms. The van der Waals surface area contributed by atoms with Crippen LogP contribution >= 0.6 is 0 Å². The Morgan fingerprint density at radius 1 is 1.18 bits per heavy atom. The molecule has 1 fully saturated rings. The van der Waals surface area contributed by atoms with Crippen molar-refractivity contribution in [3.63, 3.8) is 0 Å². The Labute approximate surface area is 163 Å². The molecule has 1 aromatic heterocycles. The van der Waals surface area contributed by atoms with Crippen LogP contribution in [0.1, 0.15) is 45.0 Å². The van der Waals surface area contributed by atoms with Crippen molar-refractivity contribution < 1.29 is 22.5 Å². The Bertz CT molecular complexity index is 1040. The molecule has 1 saturated heterocycles. The minimum atomic E-state index is -3.36. The summed E-state index contributed by atoms with van der Waals surface area (Å²) in [6, 6.07) is 5.27. The molecule has 0 bridgehead atoms. The van der Waals surface area contributed by atoms with Crippen molar-refractivity contribution in [1.29, 1.82) is 0 Å². The highest BCUT2D eigenvalue weighted by atomic mass is 32.2. The second-order valence-corrected chi connectivity index (χ2v) is 10.0. The Morgan fingerprint density at radius 2 is 1.79 bits per heavy atom. The molecule has 3 rings (SSSR count). The molecular formula is C18H22N4O5S. The van der Waals surface area contributed by atoms with Crippen LogP contribution in [-0.2, 0) is 32.1 Å². The summed E-state index contributed by atoms with van der Waals surface area (Å²) in [7, 11) is -3.36. The number of hydrogen-bond donors (Lipinski definition) is 1. The van der Waals surface area contributed by atoms with Crippen LogP contribution in [0.25, 0.3) is 0 Å². The van der Waals surface area contributed by atoms with E-state index in [9.17, 15) is 18.0 Å². The number of sulfone groups is 1. The monoisotopic (exact) mass is 406 g/mol. The molecule has 28 heavy (non-hydrogen) atoms. The zero-order chi connectivity index (χ0) is 20.9. The topological polar surface area (TPSA) is 122 Å². The van der Waals surface area contributed by atoms with Gasteiger partial charge in [0.15, 0.2) is 15.7 Å². The predicted molar refractivity (Wildman–Crippen MR) is 99.0 cm³/mol. The van der Waals surface area contributed by atoms with Gasteiger partial charge in [-0.05, 0) is 24.6 Å². The molecular weight excluding hydrogens is 384 g/mol. The highest BCUT2D eigenvalue weighted by Gasteiger charge is 2.49. The molecule has 1 N–H and O–H groups in total. The van der Waals surface area contributed by atoms with Crippen molar-refractivity contribution in [2.24, 2.45) is 0 Å². The Morgan fingerprint density at radius 3 is 2.29 bits per heavy atom. The van der Waals surface area contributed by atoms with Crippen molar-refractivity contribution in [2.45, 2.75) is 50.1 Å². The van der Waals surface area contributed by atoms with Gasteiger partial charge in [0.1, 0.15) is 5.54 Å². The van der Waals surface area contributed by atoms with E-state index in [1.54, 1.807) is 6.92 Å². The molecule has 1 aliphatic rings. The summed E-state index contributed by atoms with van der Waals surface area (Å²) in [5.41, 5.74) is -1.19. The highest BCUT2D eigenvalue weighted by molar-refractivity contribution is 7.90. The Balaban J connectivity index is 1.85. The Kier molecular flexibility index (Phi) is 4.57. The van der Waals surface area contributed by atoms with Crippen LogP contribution in [0.3, 0.4) is 0 Å². The molecule has 0 saturated carbocycles. The van der Waals surface area contributed by atoms with E-state index in [0.717, 1.165) is 11.2 Å². The van der Waals surface area contributed by atoms with Gasteiger partial charge in [-0.15, -0.1) is 0 Å². The second-order valence-electron chi connectivity index (χ2n) is 8.01. The van der Waals surface area contributed by atoms with Gasteiger partial charge in [0, 0.05) is 11.7 Å². The van der Waals surface area contributed by atoms with Gasteiger partial charge in [0.05, 0.1) is 11.4 Å². The first-order valence-corrected chi connectivity index (χ1v) is 10.5. The summed E-state index contributed by atoms with van der Waals surface area (Å²) in [5.74, 6) is 0.158. The zero-order valence-electron chi connectivity index (χ0n) is 16.3. The molecule has 0 unspecified atom stereocenters. The van der Waals surface area contributed by atoms with Crippen LogP contribution in [0.4, 0.5) is 4.79 Å². The maximum Gasteiger partial charge on any atom is 0.325 e. The smallest absolute Gasteiger partial charge is 0.325 e. The lowest BCUT2D eigenvalue weighted by Gasteiger charge is -2.22. The van der Waals surface area contributed by atoms with Crippen molar-refractivity contribution in [3.05, 3.63) is 41.5 Å². The van der Waals surface area contributed by atoms with Gasteiger partial charge in [-0.3, -0.25) is 9.69 Å². The average molecular weight is 406 g/mol. The van der Waals surface area contributed by atoms with Gasteiger partial charge >= 0.3 is 6.03 Å². The second kappa shape index (κ2) is 6.40. The molecule has 9 nitrogen and oxygen atoms in total. The van der Waals surface area contributed by atoms with Crippen molar-refractivity contribution in [1.82, 2.24) is 20.4 Å². The van der Waals surface area contributed by atoms with Crippen molar-refractivity contribution >= 4 is 21.8 Å². The third kappa shape index (κ3) is 3.51. The molecule has 2 heterocycles. The number of aromatic nitrogens is 2. The highest BCUT2D eigenvalue weighted by Crippen LogP contribution is 2.30. The van der Waals surface area contributed by atoms with E-state index in [2.05, 4.69) is 15.5 Å². The van der Waals surface area contributed by atoms with Gasteiger partial charge in [-0.25, -0.2) is 13.2 Å². The normalized spacial score (nSPS) is 20.5. The predicted octanol–water partition coefficient (Wildman–Crippen LogP) is 1.74. The molecule has 1 aliphatic heterocycles. The first-order valence-electron chi connectivity index (χ1n) is 8.60. The summed E-state index contributed by atoms with van der Waals surface area (Å²) in [6.45, 7) is 7.18. The lowest BCUT2D eigenvalue weighted by Crippen LogP contribution is -2.40. The first-order chi connectivity index (χ1) is 12.8. The van der Waals surface area contributed by atoms with Gasteiger partial charge in [0.2, 0.25) is 5.89 Å². The molecule has 3 amide bonds. The number of carbonyl (C=O) groups excluding carboxylic acids is 2. The Hall–Kier alpha value is -2.75. The van der Waals surface area contributed by atoms with Gasteiger partial charge in [-0.2, -0.15) is 4.98 Å². The molecule has 2 aromatic rings. The molecule has 150 valence electrons. The maximum atomic E-state index is 13.0. The number of urea groups is 1. The third-order valence-corrected chi connectivity index (χ3v) is 5.67. The van der Waals surface area contributed by atoms with E-state index >= 15 is 0 Å². The third-order valence-electron chi connectivity index (χ3n) is 4.54. The molecule has 0 aliphatic carbocycles. The van der Waals surface area contributed by atoms with Crippen LogP contribution in [-0.4, -0.2) is 41.7 Å². The van der Waals surface area contributed by atoms with E-state index < -0.39 is 27.3 Å². The number of benzene rings is 1. The van der Waals surface area contributed by atoms with Crippen molar-refractivity contribution in [3.8, 4) is 0 Å². The minimum absolute atomic E-state index is 0.124. The number of amides is 3. The summed E-state index contributed by atoms with van der Waals surface area (Å²) >= 11 is 0. The van der Waals surface area contributed by atoms with Crippen LogP contribution in [0, 0.1) is 0 Å². The van der Waals surface area contributed by atoms with Gasteiger partial charge in [-0.1, -0.05) is 38.1 Å². The largest absolute Gasteiger partial charge is 0.339 e. The fraction of sp³-hybridized carbons (Fsp3) is 0.444. The fourth-order valence-corrected chi connectivity index (χ4v) is 3.47. The van der Waals surface area contributed by atoms with E-state index in [0.29, 0.717) is 11.5 Å². The zero-order valence-corrected chi connectivity index (χ0v) is 17.1. The van der Waals surface area contributed by atoms with E-state index in [1.165, 1.54) is 24.3 Å². The standard InChI is InChI=1S/C18H22N4O5S/c1-17(2,3)14-19-13(21-27-14)10-22-15(23)18(4,20-16(22)24)11-6-8-12(9-7-11)28(5,25)26/h6-9H,10H2,1-5H3,(H,20,24)/t18-/m1/s1. The number of rotatable bonds is 4. The van der Waals surface area contributed by atoms with Gasteiger partial charge in [0.25, 0.3) is 5.91 Å². The lowest BCUT2D eigenvalue weighted by atomic mass is 9.92. The van der Waals surface area contributed by atoms with Crippen LogP contribution < -0.4 is 5.32 Å². The summed E-state index contributed by atoms with van der Waals surface area (Å²) < 4.78 is 28.4. The molecule has 1 aromatic carbocycles. The average Bonchev–Trinajstić information content (AvgIpc) is 3.14. The quantitative estimate of drug-likeness (QED) is 0.767. The number of imide groups is 1. The number of hydrogen-bond acceptors (Lipinski definition) is 7. The number of carbonyl (C=O) groups is 2. The number of nitrogens with zero attached hydrogens (tertiary/aromatic N) is 3. The molecule has 0 spiro atoms. The van der Waals surface area contributed by atoms with Crippen molar-refractivity contribution in [2.75, 3.05) is 6.26 Å². The van der Waals surface area contributed by atoms with Gasteiger partial charge < -0.3 is 9.84 Å². The van der Waals surface area contributed by atoms with Crippen LogP contribution in [0.5, 0.6) is 0 Å². The molecule has 0 radical (unpaired) electrons.